The van der Waals surface area contributed by atoms with E-state index in [0.717, 1.165) is 12.8 Å². The van der Waals surface area contributed by atoms with Crippen LogP contribution < -0.4 is 0 Å². The molecule has 10 heavy (non-hydrogen) atoms. The average Bonchev–Trinajstić information content (AvgIpc) is 1.98. The van der Waals surface area contributed by atoms with Gasteiger partial charge in [0.2, 0.25) is 0 Å². The number of aliphatic hydroxyl groups is 1. The van der Waals surface area contributed by atoms with Crippen molar-refractivity contribution in [1.82, 2.24) is 0 Å². The van der Waals surface area contributed by atoms with E-state index in [9.17, 15) is 4.91 Å². The van der Waals surface area contributed by atoms with Gasteiger partial charge in [0, 0.05) is 0 Å². The fourth-order valence-corrected chi connectivity index (χ4v) is 0.725. The van der Waals surface area contributed by atoms with Crippen molar-refractivity contribution < 1.29 is 5.11 Å². The van der Waals surface area contributed by atoms with Gasteiger partial charge in [0.05, 0.1) is 6.10 Å². The third-order valence-corrected chi connectivity index (χ3v) is 1.58. The Balaban J connectivity index is 3.40. The fraction of sp³-hybridized carbons (Fsp3) is 1.00. The molecule has 0 aromatic heterocycles. The van der Waals surface area contributed by atoms with E-state index in [1.54, 1.807) is 6.92 Å². The predicted octanol–water partition coefficient (Wildman–Crippen LogP) is 1.69. The van der Waals surface area contributed by atoms with Gasteiger partial charge < -0.3 is 5.11 Å². The Morgan fingerprint density at radius 3 is 2.60 bits per heavy atom. The second kappa shape index (κ2) is 5.35. The molecule has 0 spiro atoms. The molecule has 0 saturated carbocycles. The molecule has 0 amide bonds. The summed E-state index contributed by atoms with van der Waals surface area (Å²) in [6, 6.07) is -0.452. The highest BCUT2D eigenvalue weighted by Crippen LogP contribution is 2.06. The van der Waals surface area contributed by atoms with Gasteiger partial charge in [0.15, 0.2) is 0 Å². The van der Waals surface area contributed by atoms with Crippen LogP contribution in [0.25, 0.3) is 0 Å². The Morgan fingerprint density at radius 1 is 1.60 bits per heavy atom. The minimum atomic E-state index is -0.544. The molecular weight excluding hydrogens is 130 g/mol. The Bertz CT molecular complexity index is 95.6. The van der Waals surface area contributed by atoms with Crippen molar-refractivity contribution in [1.29, 1.82) is 0 Å². The lowest BCUT2D eigenvalue weighted by Crippen LogP contribution is -2.20. The molecule has 0 aliphatic heterocycles. The fourth-order valence-electron chi connectivity index (χ4n) is 0.725. The van der Waals surface area contributed by atoms with Crippen LogP contribution >= 0.6 is 0 Å². The van der Waals surface area contributed by atoms with Crippen LogP contribution in [0.3, 0.4) is 0 Å². The minimum absolute atomic E-state index is 0.452. The molecule has 0 bridgehead atoms. The summed E-state index contributed by atoms with van der Waals surface area (Å²) in [6.07, 6.45) is 2.14. The van der Waals surface area contributed by atoms with Crippen molar-refractivity contribution >= 4 is 0 Å². The summed E-state index contributed by atoms with van der Waals surface area (Å²) < 4.78 is 0. The molecule has 0 fully saturated rings. The van der Waals surface area contributed by atoms with Gasteiger partial charge in [-0.3, -0.25) is 0 Å². The Morgan fingerprint density at radius 2 is 2.20 bits per heavy atom. The van der Waals surface area contributed by atoms with Gasteiger partial charge in [0.1, 0.15) is 6.04 Å². The van der Waals surface area contributed by atoms with Crippen molar-refractivity contribution in [2.45, 2.75) is 45.3 Å². The highest BCUT2D eigenvalue weighted by Gasteiger charge is 2.12. The summed E-state index contributed by atoms with van der Waals surface area (Å²) in [4.78, 5) is 9.90. The summed E-state index contributed by atoms with van der Waals surface area (Å²) >= 11 is 0. The molecule has 0 aromatic rings. The molecule has 3 heteroatoms. The number of rotatable bonds is 5. The number of hydrogen-bond acceptors (Lipinski definition) is 3. The highest BCUT2D eigenvalue weighted by atomic mass is 16.3. The lowest BCUT2D eigenvalue weighted by Gasteiger charge is -2.10. The lowest BCUT2D eigenvalue weighted by molar-refractivity contribution is 0.139. The Kier molecular flexibility index (Phi) is 5.12. The summed E-state index contributed by atoms with van der Waals surface area (Å²) in [5.74, 6) is 0. The summed E-state index contributed by atoms with van der Waals surface area (Å²) in [5.41, 5.74) is 0. The van der Waals surface area contributed by atoms with Crippen molar-refractivity contribution in [2.24, 2.45) is 5.18 Å². The van der Waals surface area contributed by atoms with Crippen LogP contribution in [0.15, 0.2) is 5.18 Å². The second-order valence-corrected chi connectivity index (χ2v) is 2.56. The van der Waals surface area contributed by atoms with Gasteiger partial charge in [0.25, 0.3) is 0 Å². The first-order chi connectivity index (χ1) is 4.72. The first kappa shape index (κ1) is 9.56. The van der Waals surface area contributed by atoms with Gasteiger partial charge in [-0.05, 0) is 13.3 Å². The van der Waals surface area contributed by atoms with Crippen molar-refractivity contribution in [3.05, 3.63) is 4.91 Å². The van der Waals surface area contributed by atoms with Crippen molar-refractivity contribution in [2.75, 3.05) is 0 Å². The minimum Gasteiger partial charge on any atom is -0.391 e. The van der Waals surface area contributed by atoms with Gasteiger partial charge in [-0.2, -0.15) is 4.91 Å². The van der Waals surface area contributed by atoms with Gasteiger partial charge in [-0.15, -0.1) is 0 Å². The van der Waals surface area contributed by atoms with Crippen LogP contribution in [0, 0.1) is 4.91 Å². The monoisotopic (exact) mass is 145 g/mol. The maximum atomic E-state index is 9.90. The lowest BCUT2D eigenvalue weighted by atomic mass is 10.1. The molecule has 1 N–H and O–H groups in total. The van der Waals surface area contributed by atoms with Crippen LogP contribution in [-0.4, -0.2) is 17.3 Å². The zero-order chi connectivity index (χ0) is 7.98. The highest BCUT2D eigenvalue weighted by molar-refractivity contribution is 4.68. The standard InChI is InChI=1S/C7H15NO2/c1-3-4-5-7(9)6(2)8-10/h6-7,9H,3-5H2,1-2H3/t6?,7-/m1/s1. The second-order valence-electron chi connectivity index (χ2n) is 2.56. The zero-order valence-electron chi connectivity index (χ0n) is 6.58. The van der Waals surface area contributed by atoms with E-state index in [1.807, 2.05) is 6.92 Å². The van der Waals surface area contributed by atoms with E-state index in [4.69, 9.17) is 5.11 Å². The maximum Gasteiger partial charge on any atom is 0.115 e. The molecule has 60 valence electrons. The number of nitrogens with zero attached hydrogens (tertiary/aromatic N) is 1. The van der Waals surface area contributed by atoms with E-state index in [1.165, 1.54) is 0 Å². The maximum absolute atomic E-state index is 9.90. The Hall–Kier alpha value is -0.440. The van der Waals surface area contributed by atoms with Crippen molar-refractivity contribution in [3.63, 3.8) is 0 Å². The van der Waals surface area contributed by atoms with Gasteiger partial charge in [-0.25, -0.2) is 0 Å². The normalized spacial score (nSPS) is 16.3. The third-order valence-electron chi connectivity index (χ3n) is 1.58. The molecule has 3 nitrogen and oxygen atoms in total. The number of hydrogen-bond donors (Lipinski definition) is 1. The Labute approximate surface area is 61.4 Å². The van der Waals surface area contributed by atoms with Crippen molar-refractivity contribution in [3.8, 4) is 0 Å². The molecule has 0 radical (unpaired) electrons. The first-order valence-electron chi connectivity index (χ1n) is 3.73. The van der Waals surface area contributed by atoms with Gasteiger partial charge >= 0.3 is 0 Å². The quantitative estimate of drug-likeness (QED) is 0.598. The number of unbranched alkanes of at least 4 members (excludes halogenated alkanes) is 1. The third kappa shape index (κ3) is 3.56. The zero-order valence-corrected chi connectivity index (χ0v) is 6.58. The van der Waals surface area contributed by atoms with Crippen LogP contribution in [0.4, 0.5) is 0 Å². The molecule has 0 rings (SSSR count). The number of nitroso groups, excluding NO2 is 1. The topological polar surface area (TPSA) is 49.7 Å². The average molecular weight is 145 g/mol. The molecule has 0 heterocycles. The number of aliphatic hydroxyl groups excluding tert-OH is 1. The van der Waals surface area contributed by atoms with E-state index in [2.05, 4.69) is 5.18 Å². The molecule has 0 saturated heterocycles. The summed E-state index contributed by atoms with van der Waals surface area (Å²) in [7, 11) is 0. The van der Waals surface area contributed by atoms with E-state index in [0.29, 0.717) is 6.42 Å². The van der Waals surface area contributed by atoms with E-state index < -0.39 is 12.1 Å². The van der Waals surface area contributed by atoms with Gasteiger partial charge in [-0.1, -0.05) is 24.9 Å². The smallest absolute Gasteiger partial charge is 0.115 e. The van der Waals surface area contributed by atoms with Crippen LogP contribution in [0.5, 0.6) is 0 Å². The van der Waals surface area contributed by atoms with Crippen LogP contribution in [0.2, 0.25) is 0 Å². The SMILES string of the molecule is CCCC[C@@H](O)C(C)N=O. The van der Waals surface area contributed by atoms with Crippen LogP contribution in [-0.2, 0) is 0 Å². The predicted molar refractivity (Wildman–Crippen MR) is 40.8 cm³/mol. The molecular formula is C7H15NO2. The molecule has 0 aliphatic rings. The molecule has 2 atom stereocenters. The van der Waals surface area contributed by atoms with E-state index in [-0.39, 0.29) is 0 Å². The van der Waals surface area contributed by atoms with Crippen LogP contribution in [0.1, 0.15) is 33.1 Å². The molecule has 0 aromatic carbocycles. The summed E-state index contributed by atoms with van der Waals surface area (Å²) in [6.45, 7) is 3.68. The summed E-state index contributed by atoms with van der Waals surface area (Å²) in [5, 5.41) is 11.9. The van der Waals surface area contributed by atoms with E-state index >= 15 is 0 Å². The molecule has 1 unspecified atom stereocenters. The first-order valence-corrected chi connectivity index (χ1v) is 3.73. The molecule has 0 aliphatic carbocycles. The largest absolute Gasteiger partial charge is 0.391 e.